The topological polar surface area (TPSA) is 44.3 Å². The van der Waals surface area contributed by atoms with Crippen LogP contribution in [0.2, 0.25) is 0 Å². The van der Waals surface area contributed by atoms with Gasteiger partial charge in [-0.05, 0) is 19.9 Å². The number of likely N-dealkylation sites (N-methyl/N-ethyl adjacent to an activating group) is 1. The van der Waals surface area contributed by atoms with Crippen LogP contribution in [0.5, 0.6) is 0 Å². The smallest absolute Gasteiger partial charge is 0.224 e. The van der Waals surface area contributed by atoms with Gasteiger partial charge in [0.25, 0.3) is 0 Å². The zero-order valence-corrected chi connectivity index (χ0v) is 12.6. The van der Waals surface area contributed by atoms with Gasteiger partial charge in [0.2, 0.25) is 5.95 Å². The number of anilines is 2. The molecule has 0 aromatic carbocycles. The van der Waals surface area contributed by atoms with Crippen LogP contribution < -0.4 is 10.2 Å². The highest BCUT2D eigenvalue weighted by atomic mass is 19.1. The number of aromatic nitrogens is 2. The summed E-state index contributed by atoms with van der Waals surface area (Å²) < 4.78 is 14.0. The van der Waals surface area contributed by atoms with Crippen molar-refractivity contribution in [3.63, 3.8) is 0 Å². The van der Waals surface area contributed by atoms with E-state index in [9.17, 15) is 4.39 Å². The molecule has 2 rings (SSSR count). The van der Waals surface area contributed by atoms with Gasteiger partial charge in [-0.25, -0.2) is 9.37 Å². The average Bonchev–Trinajstić information content (AvgIpc) is 2.47. The predicted octanol–water partition coefficient (Wildman–Crippen LogP) is 1.97. The third-order valence-corrected chi connectivity index (χ3v) is 3.81. The lowest BCUT2D eigenvalue weighted by Gasteiger charge is -2.39. The molecule has 1 unspecified atom stereocenters. The molecule has 2 heterocycles. The number of piperazine rings is 1. The first-order chi connectivity index (χ1) is 9.65. The predicted molar refractivity (Wildman–Crippen MR) is 79.7 cm³/mol. The molecule has 0 amide bonds. The second-order valence-corrected chi connectivity index (χ2v) is 5.28. The Kier molecular flexibility index (Phi) is 5.11. The first kappa shape index (κ1) is 15.0. The van der Waals surface area contributed by atoms with Crippen molar-refractivity contribution in [3.05, 3.63) is 12.0 Å². The molecule has 1 aromatic heterocycles. The van der Waals surface area contributed by atoms with Gasteiger partial charge in [-0.15, -0.1) is 0 Å². The highest BCUT2D eigenvalue weighted by molar-refractivity contribution is 5.44. The standard InChI is InChI=1S/C14H24FN5/c1-4-6-16-14-17-9-12(15)13(18-14)20-8-7-19(3)11(5-2)10-20/h9,11H,4-8,10H2,1-3H3,(H,16,17,18). The minimum absolute atomic E-state index is 0.341. The van der Waals surface area contributed by atoms with Gasteiger partial charge in [-0.1, -0.05) is 13.8 Å². The molecule has 5 nitrogen and oxygen atoms in total. The van der Waals surface area contributed by atoms with Gasteiger partial charge in [0.05, 0.1) is 6.20 Å². The van der Waals surface area contributed by atoms with Crippen molar-refractivity contribution in [2.45, 2.75) is 32.7 Å². The van der Waals surface area contributed by atoms with Gasteiger partial charge in [-0.2, -0.15) is 4.98 Å². The number of nitrogens with one attached hydrogen (secondary N) is 1. The van der Waals surface area contributed by atoms with Crippen molar-refractivity contribution in [1.82, 2.24) is 14.9 Å². The number of hydrogen-bond donors (Lipinski definition) is 1. The molecule has 6 heteroatoms. The minimum Gasteiger partial charge on any atom is -0.354 e. The Hall–Kier alpha value is -1.43. The SMILES string of the molecule is CCCNc1ncc(F)c(N2CCN(C)C(CC)C2)n1. The molecule has 1 aliphatic heterocycles. The van der Waals surface area contributed by atoms with Crippen LogP contribution >= 0.6 is 0 Å². The van der Waals surface area contributed by atoms with E-state index in [4.69, 9.17) is 0 Å². The van der Waals surface area contributed by atoms with Crippen molar-refractivity contribution < 1.29 is 4.39 Å². The lowest BCUT2D eigenvalue weighted by Crippen LogP contribution is -2.51. The Morgan fingerprint density at radius 2 is 2.20 bits per heavy atom. The van der Waals surface area contributed by atoms with E-state index in [2.05, 4.69) is 41.1 Å². The van der Waals surface area contributed by atoms with Crippen LogP contribution in [0.15, 0.2) is 6.20 Å². The van der Waals surface area contributed by atoms with E-state index in [1.165, 1.54) is 6.20 Å². The normalized spacial score (nSPS) is 20.2. The van der Waals surface area contributed by atoms with Crippen molar-refractivity contribution in [2.75, 3.05) is 43.4 Å². The Bertz CT molecular complexity index is 440. The second-order valence-electron chi connectivity index (χ2n) is 5.28. The van der Waals surface area contributed by atoms with Crippen molar-refractivity contribution >= 4 is 11.8 Å². The third-order valence-electron chi connectivity index (χ3n) is 3.81. The molecular formula is C14H24FN5. The lowest BCUT2D eigenvalue weighted by molar-refractivity contribution is 0.212. The molecule has 0 radical (unpaired) electrons. The third kappa shape index (κ3) is 3.36. The number of halogens is 1. The Balaban J connectivity index is 2.14. The summed E-state index contributed by atoms with van der Waals surface area (Å²) in [6.07, 6.45) is 3.31. The fourth-order valence-electron chi connectivity index (χ4n) is 2.48. The van der Waals surface area contributed by atoms with E-state index in [-0.39, 0.29) is 5.82 Å². The fourth-order valence-corrected chi connectivity index (χ4v) is 2.48. The molecule has 1 aliphatic rings. The van der Waals surface area contributed by atoms with Crippen LogP contribution in [0.25, 0.3) is 0 Å². The Morgan fingerprint density at radius 1 is 1.40 bits per heavy atom. The molecule has 1 fully saturated rings. The van der Waals surface area contributed by atoms with Crippen molar-refractivity contribution in [1.29, 1.82) is 0 Å². The molecule has 1 saturated heterocycles. The number of nitrogens with zero attached hydrogens (tertiary/aromatic N) is 4. The molecule has 0 bridgehead atoms. The van der Waals surface area contributed by atoms with Gasteiger partial charge >= 0.3 is 0 Å². The van der Waals surface area contributed by atoms with E-state index in [1.807, 2.05) is 4.90 Å². The summed E-state index contributed by atoms with van der Waals surface area (Å²) in [6.45, 7) is 7.58. The fraction of sp³-hybridized carbons (Fsp3) is 0.714. The van der Waals surface area contributed by atoms with Gasteiger partial charge in [0, 0.05) is 32.2 Å². The van der Waals surface area contributed by atoms with Crippen LogP contribution in [0.4, 0.5) is 16.2 Å². The van der Waals surface area contributed by atoms with E-state index in [0.717, 1.165) is 39.0 Å². The molecule has 112 valence electrons. The molecule has 1 atom stereocenters. The quantitative estimate of drug-likeness (QED) is 0.894. The van der Waals surface area contributed by atoms with E-state index in [1.54, 1.807) is 0 Å². The first-order valence-corrected chi connectivity index (χ1v) is 7.37. The lowest BCUT2D eigenvalue weighted by atomic mass is 10.1. The van der Waals surface area contributed by atoms with Crippen molar-refractivity contribution in [3.8, 4) is 0 Å². The maximum atomic E-state index is 14.0. The summed E-state index contributed by atoms with van der Waals surface area (Å²) in [4.78, 5) is 12.7. The van der Waals surface area contributed by atoms with Crippen molar-refractivity contribution in [2.24, 2.45) is 0 Å². The van der Waals surface area contributed by atoms with Crippen LogP contribution in [-0.4, -0.2) is 54.1 Å². The number of rotatable bonds is 5. The summed E-state index contributed by atoms with van der Waals surface area (Å²) in [7, 11) is 2.12. The molecule has 0 aliphatic carbocycles. The Labute approximate surface area is 120 Å². The maximum absolute atomic E-state index is 14.0. The first-order valence-electron chi connectivity index (χ1n) is 7.37. The van der Waals surface area contributed by atoms with Crippen LogP contribution in [0.3, 0.4) is 0 Å². The highest BCUT2D eigenvalue weighted by Gasteiger charge is 2.25. The zero-order valence-electron chi connectivity index (χ0n) is 12.6. The average molecular weight is 281 g/mol. The highest BCUT2D eigenvalue weighted by Crippen LogP contribution is 2.21. The van der Waals surface area contributed by atoms with Gasteiger partial charge in [0.1, 0.15) is 0 Å². The zero-order chi connectivity index (χ0) is 14.5. The second kappa shape index (κ2) is 6.83. The van der Waals surface area contributed by atoms with Crippen LogP contribution in [0.1, 0.15) is 26.7 Å². The van der Waals surface area contributed by atoms with Gasteiger partial charge < -0.3 is 10.2 Å². The number of hydrogen-bond acceptors (Lipinski definition) is 5. The molecule has 1 N–H and O–H groups in total. The summed E-state index contributed by atoms with van der Waals surface area (Å²) in [5.41, 5.74) is 0. The summed E-state index contributed by atoms with van der Waals surface area (Å²) in [5, 5.41) is 3.11. The largest absolute Gasteiger partial charge is 0.354 e. The summed E-state index contributed by atoms with van der Waals surface area (Å²) >= 11 is 0. The van der Waals surface area contributed by atoms with Crippen LogP contribution in [0, 0.1) is 5.82 Å². The molecular weight excluding hydrogens is 257 g/mol. The van der Waals surface area contributed by atoms with E-state index >= 15 is 0 Å². The maximum Gasteiger partial charge on any atom is 0.224 e. The van der Waals surface area contributed by atoms with E-state index in [0.29, 0.717) is 17.8 Å². The molecule has 0 saturated carbocycles. The van der Waals surface area contributed by atoms with Gasteiger partial charge in [-0.3, -0.25) is 4.90 Å². The minimum atomic E-state index is -0.341. The molecule has 20 heavy (non-hydrogen) atoms. The van der Waals surface area contributed by atoms with Crippen LogP contribution in [-0.2, 0) is 0 Å². The monoisotopic (exact) mass is 281 g/mol. The van der Waals surface area contributed by atoms with E-state index < -0.39 is 0 Å². The summed E-state index contributed by atoms with van der Waals surface area (Å²) in [5.74, 6) is 0.590. The molecule has 1 aromatic rings. The summed E-state index contributed by atoms with van der Waals surface area (Å²) in [6, 6.07) is 0.449. The Morgan fingerprint density at radius 3 is 2.90 bits per heavy atom. The molecule has 0 spiro atoms. The van der Waals surface area contributed by atoms with Gasteiger partial charge in [0.15, 0.2) is 11.6 Å².